The first-order chi connectivity index (χ1) is 9.74. The van der Waals surface area contributed by atoms with Gasteiger partial charge in [-0.25, -0.2) is 4.98 Å². The van der Waals surface area contributed by atoms with Crippen molar-refractivity contribution in [2.45, 2.75) is 0 Å². The molecular weight excluding hydrogens is 252 g/mol. The van der Waals surface area contributed by atoms with E-state index in [2.05, 4.69) is 27.4 Å². The van der Waals surface area contributed by atoms with Crippen LogP contribution in [0.5, 0.6) is 0 Å². The summed E-state index contributed by atoms with van der Waals surface area (Å²) in [6.45, 7) is 3.93. The third kappa shape index (κ3) is 2.58. The largest absolute Gasteiger partial charge is 0.384 e. The van der Waals surface area contributed by atoms with Crippen LogP contribution in [0.15, 0.2) is 41.5 Å². The number of hydrogen-bond acceptors (Lipinski definition) is 4. The fraction of sp³-hybridized carbons (Fsp3) is 0.333. The van der Waals surface area contributed by atoms with Crippen LogP contribution in [0.2, 0.25) is 0 Å². The Kier molecular flexibility index (Phi) is 3.52. The van der Waals surface area contributed by atoms with Gasteiger partial charge in [-0.05, 0) is 18.2 Å². The van der Waals surface area contributed by atoms with Gasteiger partial charge < -0.3 is 9.88 Å². The number of nitrogens with one attached hydrogen (secondary N) is 1. The van der Waals surface area contributed by atoms with Gasteiger partial charge in [0, 0.05) is 38.9 Å². The van der Waals surface area contributed by atoms with Crippen molar-refractivity contribution < 1.29 is 0 Å². The van der Waals surface area contributed by atoms with Crippen LogP contribution in [0, 0.1) is 0 Å². The third-order valence-corrected chi connectivity index (χ3v) is 3.57. The molecule has 2 heterocycles. The van der Waals surface area contributed by atoms with Crippen LogP contribution in [0.3, 0.4) is 0 Å². The van der Waals surface area contributed by atoms with Gasteiger partial charge in [-0.2, -0.15) is 0 Å². The molecule has 0 fully saturated rings. The van der Waals surface area contributed by atoms with Gasteiger partial charge in [0.15, 0.2) is 0 Å². The molecular formula is C15H18N4O. The van der Waals surface area contributed by atoms with Crippen molar-refractivity contribution in [3.8, 4) is 0 Å². The number of hydrogen-bond donors (Lipinski definition) is 1. The summed E-state index contributed by atoms with van der Waals surface area (Å²) in [6.07, 6.45) is 5.93. The van der Waals surface area contributed by atoms with Crippen LogP contribution in [-0.2, 0) is 7.05 Å². The van der Waals surface area contributed by atoms with E-state index in [1.54, 1.807) is 13.4 Å². The van der Waals surface area contributed by atoms with Gasteiger partial charge in [-0.1, -0.05) is 12.2 Å². The highest BCUT2D eigenvalue weighted by atomic mass is 16.1. The number of rotatable bonds is 4. The van der Waals surface area contributed by atoms with Crippen molar-refractivity contribution in [3.05, 3.63) is 47.0 Å². The Morgan fingerprint density at radius 3 is 2.90 bits per heavy atom. The molecule has 0 bridgehead atoms. The molecule has 5 heteroatoms. The van der Waals surface area contributed by atoms with E-state index >= 15 is 0 Å². The van der Waals surface area contributed by atoms with Gasteiger partial charge >= 0.3 is 0 Å². The highest BCUT2D eigenvalue weighted by molar-refractivity contribution is 5.81. The zero-order chi connectivity index (χ0) is 13.9. The highest BCUT2D eigenvalue weighted by Gasteiger charge is 2.06. The van der Waals surface area contributed by atoms with Gasteiger partial charge in [-0.3, -0.25) is 9.69 Å². The molecule has 1 aliphatic rings. The maximum absolute atomic E-state index is 12.0. The lowest BCUT2D eigenvalue weighted by molar-refractivity contribution is 0.367. The molecule has 3 rings (SSSR count). The van der Waals surface area contributed by atoms with Gasteiger partial charge in [0.05, 0.1) is 17.2 Å². The zero-order valence-corrected chi connectivity index (χ0v) is 11.5. The predicted octanol–water partition coefficient (Wildman–Crippen LogP) is 1.22. The van der Waals surface area contributed by atoms with E-state index in [9.17, 15) is 4.79 Å². The lowest BCUT2D eigenvalue weighted by Gasteiger charge is -2.15. The SMILES string of the molecule is Cn1cnc2ccc(NCCN3CC=CC3)cc2c1=O. The molecule has 0 amide bonds. The Bertz CT molecular complexity index is 697. The van der Waals surface area contributed by atoms with Crippen molar-refractivity contribution in [2.24, 2.45) is 7.05 Å². The number of aryl methyl sites for hydroxylation is 1. The van der Waals surface area contributed by atoms with E-state index in [1.807, 2.05) is 18.2 Å². The monoisotopic (exact) mass is 270 g/mol. The Hall–Kier alpha value is -2.14. The van der Waals surface area contributed by atoms with E-state index in [1.165, 1.54) is 4.57 Å². The Morgan fingerprint density at radius 2 is 2.10 bits per heavy atom. The normalized spacial score (nSPS) is 15.1. The lowest BCUT2D eigenvalue weighted by atomic mass is 10.2. The Balaban J connectivity index is 1.72. The summed E-state index contributed by atoms with van der Waals surface area (Å²) in [7, 11) is 1.72. The topological polar surface area (TPSA) is 50.2 Å². The van der Waals surface area contributed by atoms with Gasteiger partial charge in [0.25, 0.3) is 5.56 Å². The van der Waals surface area contributed by atoms with Crippen LogP contribution in [0.25, 0.3) is 10.9 Å². The smallest absolute Gasteiger partial charge is 0.260 e. The average Bonchev–Trinajstić information content (AvgIpc) is 2.97. The second kappa shape index (κ2) is 5.46. The molecule has 0 atom stereocenters. The standard InChI is InChI=1S/C15H18N4O/c1-18-11-17-14-5-4-12(10-13(14)15(18)20)16-6-9-19-7-2-3-8-19/h2-5,10-11,16H,6-9H2,1H3. The third-order valence-electron chi connectivity index (χ3n) is 3.57. The molecule has 0 radical (unpaired) electrons. The van der Waals surface area contributed by atoms with E-state index in [0.717, 1.165) is 37.4 Å². The van der Waals surface area contributed by atoms with Crippen LogP contribution >= 0.6 is 0 Å². The van der Waals surface area contributed by atoms with E-state index in [-0.39, 0.29) is 5.56 Å². The molecule has 2 aromatic rings. The summed E-state index contributed by atoms with van der Waals surface area (Å²) in [5.74, 6) is 0. The molecule has 0 saturated carbocycles. The minimum atomic E-state index is -0.0117. The first-order valence-electron chi connectivity index (χ1n) is 6.81. The summed E-state index contributed by atoms with van der Waals surface area (Å²) in [6, 6.07) is 5.74. The van der Waals surface area contributed by atoms with E-state index < -0.39 is 0 Å². The van der Waals surface area contributed by atoms with Gasteiger partial charge in [-0.15, -0.1) is 0 Å². The van der Waals surface area contributed by atoms with Crippen LogP contribution < -0.4 is 10.9 Å². The Labute approximate surface area is 117 Å². The van der Waals surface area contributed by atoms with Crippen molar-refractivity contribution >= 4 is 16.6 Å². The molecule has 0 unspecified atom stereocenters. The van der Waals surface area contributed by atoms with Crippen molar-refractivity contribution in [2.75, 3.05) is 31.5 Å². The fourth-order valence-corrected chi connectivity index (χ4v) is 2.38. The molecule has 0 saturated heterocycles. The minimum absolute atomic E-state index is 0.0117. The van der Waals surface area contributed by atoms with Crippen LogP contribution in [0.4, 0.5) is 5.69 Å². The van der Waals surface area contributed by atoms with E-state index in [0.29, 0.717) is 5.39 Å². The average molecular weight is 270 g/mol. The molecule has 1 aliphatic heterocycles. The molecule has 1 aromatic heterocycles. The van der Waals surface area contributed by atoms with Crippen molar-refractivity contribution in [1.82, 2.24) is 14.5 Å². The highest BCUT2D eigenvalue weighted by Crippen LogP contribution is 2.14. The number of fused-ring (bicyclic) bond motifs is 1. The molecule has 0 spiro atoms. The number of aromatic nitrogens is 2. The maximum atomic E-state index is 12.0. The number of benzene rings is 1. The molecule has 20 heavy (non-hydrogen) atoms. The maximum Gasteiger partial charge on any atom is 0.260 e. The fourth-order valence-electron chi connectivity index (χ4n) is 2.38. The quantitative estimate of drug-likeness (QED) is 0.849. The minimum Gasteiger partial charge on any atom is -0.384 e. The van der Waals surface area contributed by atoms with Gasteiger partial charge in [0.1, 0.15) is 0 Å². The van der Waals surface area contributed by atoms with Gasteiger partial charge in [0.2, 0.25) is 0 Å². The molecule has 0 aliphatic carbocycles. The van der Waals surface area contributed by atoms with Crippen LogP contribution in [-0.4, -0.2) is 40.6 Å². The van der Waals surface area contributed by atoms with Crippen molar-refractivity contribution in [1.29, 1.82) is 0 Å². The molecule has 1 aromatic carbocycles. The Morgan fingerprint density at radius 1 is 1.30 bits per heavy atom. The molecule has 104 valence electrons. The summed E-state index contributed by atoms with van der Waals surface area (Å²) in [5.41, 5.74) is 1.69. The summed E-state index contributed by atoms with van der Waals surface area (Å²) in [5, 5.41) is 4.02. The van der Waals surface area contributed by atoms with Crippen molar-refractivity contribution in [3.63, 3.8) is 0 Å². The number of anilines is 1. The lowest BCUT2D eigenvalue weighted by Crippen LogP contribution is -2.26. The molecule has 5 nitrogen and oxygen atoms in total. The van der Waals surface area contributed by atoms with E-state index in [4.69, 9.17) is 0 Å². The first kappa shape index (κ1) is 12.9. The predicted molar refractivity (Wildman–Crippen MR) is 81.1 cm³/mol. The summed E-state index contributed by atoms with van der Waals surface area (Å²) in [4.78, 5) is 18.6. The van der Waals surface area contributed by atoms with Crippen LogP contribution in [0.1, 0.15) is 0 Å². The summed E-state index contributed by atoms with van der Waals surface area (Å²) < 4.78 is 1.50. The molecule has 1 N–H and O–H groups in total. The zero-order valence-electron chi connectivity index (χ0n) is 11.5. The summed E-state index contributed by atoms with van der Waals surface area (Å²) >= 11 is 0. The second-order valence-corrected chi connectivity index (χ2v) is 5.05. The number of nitrogens with zero attached hydrogens (tertiary/aromatic N) is 3. The second-order valence-electron chi connectivity index (χ2n) is 5.05. The first-order valence-corrected chi connectivity index (χ1v) is 6.81.